The second kappa shape index (κ2) is 6.32. The molecule has 1 aromatic carbocycles. The summed E-state index contributed by atoms with van der Waals surface area (Å²) in [6.07, 6.45) is 6.68. The molecule has 1 saturated heterocycles. The fourth-order valence-electron chi connectivity index (χ4n) is 3.68. The number of hydrogen-bond acceptors (Lipinski definition) is 4. The van der Waals surface area contributed by atoms with Gasteiger partial charge in [-0.1, -0.05) is 0 Å². The molecule has 0 bridgehead atoms. The standard InChI is InChI=1S/C19H22N2O3/c1-23-18(22)12-14-13-24-17-5-4-16-15(19(14)17)6-9-21(16)11-10-20-7-2-3-8-20/h4-6,9,13H,2-3,7-8,10-12H2,1H3. The van der Waals surface area contributed by atoms with Crippen LogP contribution in [0.5, 0.6) is 0 Å². The Morgan fingerprint density at radius 1 is 1.21 bits per heavy atom. The molecule has 0 amide bonds. The summed E-state index contributed by atoms with van der Waals surface area (Å²) < 4.78 is 12.7. The number of aromatic nitrogens is 1. The molecule has 0 N–H and O–H groups in total. The van der Waals surface area contributed by atoms with Gasteiger partial charge < -0.3 is 18.6 Å². The van der Waals surface area contributed by atoms with Crippen LogP contribution in [0.25, 0.3) is 21.9 Å². The molecule has 0 spiro atoms. The Bertz CT molecular complexity index is 871. The lowest BCUT2D eigenvalue weighted by Gasteiger charge is -2.15. The van der Waals surface area contributed by atoms with E-state index in [9.17, 15) is 4.79 Å². The normalized spacial score (nSPS) is 15.5. The van der Waals surface area contributed by atoms with Gasteiger partial charge in [-0.25, -0.2) is 0 Å². The molecule has 0 aliphatic carbocycles. The van der Waals surface area contributed by atoms with Gasteiger partial charge in [0.25, 0.3) is 0 Å². The average molecular weight is 326 g/mol. The van der Waals surface area contributed by atoms with Gasteiger partial charge in [0.05, 0.1) is 19.8 Å². The predicted molar refractivity (Wildman–Crippen MR) is 93.1 cm³/mol. The summed E-state index contributed by atoms with van der Waals surface area (Å²) >= 11 is 0. The van der Waals surface area contributed by atoms with Crippen LogP contribution in [-0.4, -0.2) is 42.2 Å². The summed E-state index contributed by atoms with van der Waals surface area (Å²) in [4.78, 5) is 14.2. The van der Waals surface area contributed by atoms with Crippen molar-refractivity contribution in [2.24, 2.45) is 0 Å². The van der Waals surface area contributed by atoms with Crippen LogP contribution in [0.1, 0.15) is 18.4 Å². The van der Waals surface area contributed by atoms with Crippen LogP contribution in [0.2, 0.25) is 0 Å². The van der Waals surface area contributed by atoms with Crippen molar-refractivity contribution < 1.29 is 13.9 Å². The number of methoxy groups -OCH3 is 1. The first kappa shape index (κ1) is 15.3. The lowest BCUT2D eigenvalue weighted by Crippen LogP contribution is -2.23. The Morgan fingerprint density at radius 2 is 2.04 bits per heavy atom. The summed E-state index contributed by atoms with van der Waals surface area (Å²) in [6.45, 7) is 4.50. The topological polar surface area (TPSA) is 47.6 Å². The van der Waals surface area contributed by atoms with Crippen molar-refractivity contribution in [3.8, 4) is 0 Å². The summed E-state index contributed by atoms with van der Waals surface area (Å²) in [6, 6.07) is 6.22. The quantitative estimate of drug-likeness (QED) is 0.676. The fraction of sp³-hybridized carbons (Fsp3) is 0.421. The Balaban J connectivity index is 1.67. The fourth-order valence-corrected chi connectivity index (χ4v) is 3.68. The third-order valence-electron chi connectivity index (χ3n) is 4.98. The van der Waals surface area contributed by atoms with E-state index < -0.39 is 0 Å². The molecule has 1 aliphatic rings. The van der Waals surface area contributed by atoms with Gasteiger partial charge in [0, 0.05) is 41.1 Å². The summed E-state index contributed by atoms with van der Waals surface area (Å²) in [5, 5.41) is 2.17. The van der Waals surface area contributed by atoms with E-state index in [1.807, 2.05) is 6.07 Å². The highest BCUT2D eigenvalue weighted by Gasteiger charge is 2.16. The van der Waals surface area contributed by atoms with Gasteiger partial charge in [-0.15, -0.1) is 0 Å². The highest BCUT2D eigenvalue weighted by molar-refractivity contribution is 6.07. The molecule has 126 valence electrons. The van der Waals surface area contributed by atoms with Gasteiger partial charge in [-0.2, -0.15) is 0 Å². The number of fused-ring (bicyclic) bond motifs is 3. The zero-order valence-corrected chi connectivity index (χ0v) is 14.0. The first-order valence-electron chi connectivity index (χ1n) is 8.53. The third kappa shape index (κ3) is 2.69. The largest absolute Gasteiger partial charge is 0.469 e. The monoisotopic (exact) mass is 326 g/mol. The lowest BCUT2D eigenvalue weighted by molar-refractivity contribution is -0.139. The maximum Gasteiger partial charge on any atom is 0.310 e. The van der Waals surface area contributed by atoms with Crippen molar-refractivity contribution >= 4 is 27.8 Å². The first-order chi connectivity index (χ1) is 11.8. The zero-order chi connectivity index (χ0) is 16.5. The third-order valence-corrected chi connectivity index (χ3v) is 4.98. The van der Waals surface area contributed by atoms with Crippen molar-refractivity contribution in [3.63, 3.8) is 0 Å². The molecule has 24 heavy (non-hydrogen) atoms. The van der Waals surface area contributed by atoms with E-state index in [1.54, 1.807) is 6.26 Å². The number of esters is 1. The number of hydrogen-bond donors (Lipinski definition) is 0. The summed E-state index contributed by atoms with van der Waals surface area (Å²) in [5.41, 5.74) is 2.90. The Labute approximate surface area is 140 Å². The van der Waals surface area contributed by atoms with E-state index in [1.165, 1.54) is 38.6 Å². The van der Waals surface area contributed by atoms with Crippen molar-refractivity contribution in [3.05, 3.63) is 36.2 Å². The van der Waals surface area contributed by atoms with Crippen molar-refractivity contribution in [1.29, 1.82) is 0 Å². The molecular weight excluding hydrogens is 304 g/mol. The second-order valence-corrected chi connectivity index (χ2v) is 6.44. The maximum absolute atomic E-state index is 11.6. The molecule has 5 heteroatoms. The van der Waals surface area contributed by atoms with Crippen molar-refractivity contribution in [1.82, 2.24) is 9.47 Å². The van der Waals surface area contributed by atoms with Crippen molar-refractivity contribution in [2.45, 2.75) is 25.8 Å². The minimum absolute atomic E-state index is 0.238. The average Bonchev–Trinajstić information content (AvgIpc) is 3.32. The molecule has 4 rings (SSSR count). The van der Waals surface area contributed by atoms with Gasteiger partial charge >= 0.3 is 5.97 Å². The molecular formula is C19H22N2O3. The smallest absolute Gasteiger partial charge is 0.310 e. The van der Waals surface area contributed by atoms with E-state index in [2.05, 4.69) is 27.8 Å². The molecule has 5 nitrogen and oxygen atoms in total. The van der Waals surface area contributed by atoms with Crippen LogP contribution in [0.4, 0.5) is 0 Å². The number of carbonyl (C=O) groups excluding carboxylic acids is 1. The molecule has 3 aromatic rings. The van der Waals surface area contributed by atoms with Gasteiger partial charge in [-0.05, 0) is 44.1 Å². The van der Waals surface area contributed by atoms with E-state index in [0.29, 0.717) is 0 Å². The molecule has 1 aliphatic heterocycles. The molecule has 2 aromatic heterocycles. The lowest BCUT2D eigenvalue weighted by atomic mass is 10.1. The van der Waals surface area contributed by atoms with Crippen LogP contribution < -0.4 is 0 Å². The number of ether oxygens (including phenoxy) is 1. The first-order valence-corrected chi connectivity index (χ1v) is 8.53. The molecule has 3 heterocycles. The van der Waals surface area contributed by atoms with Crippen LogP contribution in [0.15, 0.2) is 35.1 Å². The molecule has 0 unspecified atom stereocenters. The van der Waals surface area contributed by atoms with E-state index in [0.717, 1.165) is 35.0 Å². The number of likely N-dealkylation sites (tertiary alicyclic amines) is 1. The summed E-state index contributed by atoms with van der Waals surface area (Å²) in [7, 11) is 1.41. The minimum atomic E-state index is -0.247. The van der Waals surface area contributed by atoms with Gasteiger partial charge in [0.1, 0.15) is 5.58 Å². The van der Waals surface area contributed by atoms with E-state index in [4.69, 9.17) is 9.15 Å². The Morgan fingerprint density at radius 3 is 2.83 bits per heavy atom. The number of nitrogens with zero attached hydrogens (tertiary/aromatic N) is 2. The predicted octanol–water partition coefficient (Wildman–Crippen LogP) is 3.20. The van der Waals surface area contributed by atoms with Gasteiger partial charge in [0.2, 0.25) is 0 Å². The van der Waals surface area contributed by atoms with Crippen LogP contribution in [0.3, 0.4) is 0 Å². The van der Waals surface area contributed by atoms with Gasteiger partial charge in [0.15, 0.2) is 0 Å². The SMILES string of the molecule is COC(=O)Cc1coc2ccc3c(ccn3CCN3CCCC3)c12. The van der Waals surface area contributed by atoms with Gasteiger partial charge in [-0.3, -0.25) is 4.79 Å². The Kier molecular flexibility index (Phi) is 4.02. The van der Waals surface area contributed by atoms with Crippen LogP contribution in [-0.2, 0) is 22.5 Å². The van der Waals surface area contributed by atoms with Crippen LogP contribution >= 0.6 is 0 Å². The number of rotatable bonds is 5. The number of furan rings is 1. The second-order valence-electron chi connectivity index (χ2n) is 6.44. The molecule has 1 fully saturated rings. The highest BCUT2D eigenvalue weighted by atomic mass is 16.5. The molecule has 0 atom stereocenters. The molecule has 0 saturated carbocycles. The van der Waals surface area contributed by atoms with Crippen LogP contribution in [0, 0.1) is 0 Å². The van der Waals surface area contributed by atoms with E-state index >= 15 is 0 Å². The maximum atomic E-state index is 11.6. The Hall–Kier alpha value is -2.27. The minimum Gasteiger partial charge on any atom is -0.469 e. The number of benzene rings is 1. The zero-order valence-electron chi connectivity index (χ0n) is 14.0. The molecule has 0 radical (unpaired) electrons. The summed E-state index contributed by atoms with van der Waals surface area (Å²) in [5.74, 6) is -0.247. The van der Waals surface area contributed by atoms with E-state index in [-0.39, 0.29) is 12.4 Å². The number of carbonyl (C=O) groups is 1. The highest BCUT2D eigenvalue weighted by Crippen LogP contribution is 2.31. The van der Waals surface area contributed by atoms with Crippen molar-refractivity contribution in [2.75, 3.05) is 26.7 Å².